The quantitative estimate of drug-likeness (QED) is 0.809. The maximum absolute atomic E-state index is 12.9. The van der Waals surface area contributed by atoms with Gasteiger partial charge in [-0.2, -0.15) is 0 Å². The van der Waals surface area contributed by atoms with Gasteiger partial charge in [-0.1, -0.05) is 19.1 Å². The monoisotopic (exact) mass is 253 g/mol. The summed E-state index contributed by atoms with van der Waals surface area (Å²) in [4.78, 5) is 22.0. The maximum Gasteiger partial charge on any atom is 0.306 e. The predicted octanol–water partition coefficient (Wildman–Crippen LogP) is 1.60. The Morgan fingerprint density at radius 1 is 1.44 bits per heavy atom. The van der Waals surface area contributed by atoms with E-state index < -0.39 is 11.9 Å². The Labute approximate surface area is 105 Å². The molecule has 1 unspecified atom stereocenters. The molecule has 0 aliphatic carbocycles. The third kappa shape index (κ3) is 4.95. The second kappa shape index (κ2) is 6.74. The third-order valence-corrected chi connectivity index (χ3v) is 2.57. The lowest BCUT2D eigenvalue weighted by Gasteiger charge is -2.08. The Morgan fingerprint density at radius 2 is 2.17 bits per heavy atom. The summed E-state index contributed by atoms with van der Waals surface area (Å²) in [6.45, 7) is 1.89. The summed E-state index contributed by atoms with van der Waals surface area (Å²) in [5.74, 6) is -1.98. The van der Waals surface area contributed by atoms with Crippen molar-refractivity contribution < 1.29 is 19.1 Å². The average Bonchev–Trinajstić information content (AvgIpc) is 2.28. The van der Waals surface area contributed by atoms with Gasteiger partial charge in [-0.15, -0.1) is 0 Å². The van der Waals surface area contributed by atoms with Crippen molar-refractivity contribution >= 4 is 11.9 Å². The second-order valence-corrected chi connectivity index (χ2v) is 4.18. The number of hydrogen-bond acceptors (Lipinski definition) is 2. The Balaban J connectivity index is 2.32. The zero-order chi connectivity index (χ0) is 13.5. The van der Waals surface area contributed by atoms with Crippen LogP contribution < -0.4 is 5.32 Å². The normalized spacial score (nSPS) is 11.9. The lowest BCUT2D eigenvalue weighted by Crippen LogP contribution is -2.28. The minimum absolute atomic E-state index is 0.0964. The van der Waals surface area contributed by atoms with Crippen LogP contribution in [0.1, 0.15) is 18.9 Å². The number of hydrogen-bond donors (Lipinski definition) is 2. The van der Waals surface area contributed by atoms with E-state index in [-0.39, 0.29) is 18.1 Å². The zero-order valence-corrected chi connectivity index (χ0v) is 10.1. The predicted molar refractivity (Wildman–Crippen MR) is 64.5 cm³/mol. The van der Waals surface area contributed by atoms with Crippen molar-refractivity contribution in [3.05, 3.63) is 35.6 Å². The minimum atomic E-state index is -0.880. The van der Waals surface area contributed by atoms with Crippen molar-refractivity contribution in [3.63, 3.8) is 0 Å². The van der Waals surface area contributed by atoms with E-state index in [4.69, 9.17) is 5.11 Å². The highest BCUT2D eigenvalue weighted by Gasteiger charge is 2.11. The van der Waals surface area contributed by atoms with Gasteiger partial charge in [0, 0.05) is 6.54 Å². The Morgan fingerprint density at radius 3 is 2.78 bits per heavy atom. The summed E-state index contributed by atoms with van der Waals surface area (Å²) in [7, 11) is 0. The molecule has 0 heterocycles. The molecule has 1 aromatic carbocycles. The number of carboxylic acids is 1. The molecular formula is C13H16FNO3. The van der Waals surface area contributed by atoms with Gasteiger partial charge >= 0.3 is 5.97 Å². The summed E-state index contributed by atoms with van der Waals surface area (Å²) < 4.78 is 12.9. The highest BCUT2D eigenvalue weighted by molar-refractivity contribution is 5.78. The number of nitrogens with one attached hydrogen (secondary N) is 1. The Kier molecular flexibility index (Phi) is 5.30. The number of amides is 1. The first-order valence-corrected chi connectivity index (χ1v) is 5.73. The number of carbonyl (C=O) groups excluding carboxylic acids is 1. The second-order valence-electron chi connectivity index (χ2n) is 4.18. The van der Waals surface area contributed by atoms with Gasteiger partial charge in [0.1, 0.15) is 5.82 Å². The first kappa shape index (κ1) is 14.2. The summed E-state index contributed by atoms with van der Waals surface area (Å²) in [5.41, 5.74) is 0.596. The summed E-state index contributed by atoms with van der Waals surface area (Å²) in [5, 5.41) is 11.3. The summed E-state index contributed by atoms with van der Waals surface area (Å²) in [6, 6.07) is 5.84. The van der Waals surface area contributed by atoms with E-state index in [0.717, 1.165) is 0 Å². The number of benzene rings is 1. The molecule has 0 saturated heterocycles. The van der Waals surface area contributed by atoms with Gasteiger partial charge < -0.3 is 10.4 Å². The van der Waals surface area contributed by atoms with Crippen LogP contribution in [-0.2, 0) is 16.0 Å². The van der Waals surface area contributed by atoms with Crippen LogP contribution in [0.4, 0.5) is 4.39 Å². The van der Waals surface area contributed by atoms with Crippen LogP contribution in [0, 0.1) is 11.7 Å². The van der Waals surface area contributed by atoms with E-state index in [0.29, 0.717) is 18.5 Å². The first-order valence-electron chi connectivity index (χ1n) is 5.73. The molecule has 1 atom stereocenters. The fourth-order valence-corrected chi connectivity index (χ4v) is 1.45. The van der Waals surface area contributed by atoms with E-state index in [1.54, 1.807) is 19.1 Å². The molecule has 1 rings (SSSR count). The molecule has 0 bridgehead atoms. The smallest absolute Gasteiger partial charge is 0.306 e. The van der Waals surface area contributed by atoms with Crippen LogP contribution in [0.5, 0.6) is 0 Å². The third-order valence-electron chi connectivity index (χ3n) is 2.57. The van der Waals surface area contributed by atoms with Gasteiger partial charge in [0.25, 0.3) is 0 Å². The molecule has 18 heavy (non-hydrogen) atoms. The molecule has 5 heteroatoms. The van der Waals surface area contributed by atoms with Crippen molar-refractivity contribution in [3.8, 4) is 0 Å². The Bertz CT molecular complexity index is 434. The van der Waals surface area contributed by atoms with Gasteiger partial charge in [-0.05, 0) is 24.1 Å². The van der Waals surface area contributed by atoms with Crippen LogP contribution in [-0.4, -0.2) is 23.5 Å². The van der Waals surface area contributed by atoms with Crippen molar-refractivity contribution in [2.45, 2.75) is 19.8 Å². The summed E-state index contributed by atoms with van der Waals surface area (Å²) >= 11 is 0. The fraction of sp³-hybridized carbons (Fsp3) is 0.385. The fourth-order valence-electron chi connectivity index (χ4n) is 1.45. The van der Waals surface area contributed by atoms with Crippen molar-refractivity contribution in [2.24, 2.45) is 5.92 Å². The van der Waals surface area contributed by atoms with Crippen LogP contribution >= 0.6 is 0 Å². The standard InChI is InChI=1S/C13H16FNO3/c1-9(13(17)18)5-6-15-12(16)8-10-3-2-4-11(14)7-10/h2-4,7,9H,5-6,8H2,1H3,(H,15,16)(H,17,18). The molecule has 4 nitrogen and oxygen atoms in total. The Hall–Kier alpha value is -1.91. The molecule has 0 aliphatic rings. The molecule has 0 radical (unpaired) electrons. The van der Waals surface area contributed by atoms with Gasteiger partial charge in [0.15, 0.2) is 0 Å². The lowest BCUT2D eigenvalue weighted by molar-refractivity contribution is -0.141. The van der Waals surface area contributed by atoms with Crippen LogP contribution in [0.25, 0.3) is 0 Å². The van der Waals surface area contributed by atoms with E-state index in [1.807, 2.05) is 0 Å². The van der Waals surface area contributed by atoms with E-state index in [9.17, 15) is 14.0 Å². The number of rotatable bonds is 6. The van der Waals surface area contributed by atoms with E-state index in [1.165, 1.54) is 12.1 Å². The molecular weight excluding hydrogens is 237 g/mol. The molecule has 2 N–H and O–H groups in total. The van der Waals surface area contributed by atoms with Crippen LogP contribution in [0.3, 0.4) is 0 Å². The highest BCUT2D eigenvalue weighted by Crippen LogP contribution is 2.04. The van der Waals surface area contributed by atoms with Gasteiger partial charge in [-0.3, -0.25) is 9.59 Å². The highest BCUT2D eigenvalue weighted by atomic mass is 19.1. The van der Waals surface area contributed by atoms with Crippen molar-refractivity contribution in [1.29, 1.82) is 0 Å². The molecule has 1 amide bonds. The molecule has 1 aromatic rings. The molecule has 0 spiro atoms. The number of carboxylic acid groups (broad SMARTS) is 1. The minimum Gasteiger partial charge on any atom is -0.481 e. The maximum atomic E-state index is 12.9. The van der Waals surface area contributed by atoms with Crippen molar-refractivity contribution in [2.75, 3.05) is 6.54 Å². The lowest BCUT2D eigenvalue weighted by atomic mass is 10.1. The van der Waals surface area contributed by atoms with E-state index in [2.05, 4.69) is 5.32 Å². The number of aliphatic carboxylic acids is 1. The summed E-state index contributed by atoms with van der Waals surface area (Å²) in [6.07, 6.45) is 0.476. The van der Waals surface area contributed by atoms with Crippen LogP contribution in [0.2, 0.25) is 0 Å². The molecule has 98 valence electrons. The van der Waals surface area contributed by atoms with Gasteiger partial charge in [0.05, 0.1) is 12.3 Å². The van der Waals surface area contributed by atoms with Crippen LogP contribution in [0.15, 0.2) is 24.3 Å². The number of halogens is 1. The topological polar surface area (TPSA) is 66.4 Å². The average molecular weight is 253 g/mol. The molecule has 0 fully saturated rings. The van der Waals surface area contributed by atoms with Crippen molar-refractivity contribution in [1.82, 2.24) is 5.32 Å². The molecule has 0 saturated carbocycles. The van der Waals surface area contributed by atoms with Gasteiger partial charge in [0.2, 0.25) is 5.91 Å². The molecule has 0 aliphatic heterocycles. The first-order chi connectivity index (χ1) is 8.49. The molecule has 0 aromatic heterocycles. The van der Waals surface area contributed by atoms with Gasteiger partial charge in [-0.25, -0.2) is 4.39 Å². The SMILES string of the molecule is CC(CCNC(=O)Cc1cccc(F)c1)C(=O)O. The largest absolute Gasteiger partial charge is 0.481 e. The number of carbonyl (C=O) groups is 2. The van der Waals surface area contributed by atoms with E-state index >= 15 is 0 Å². The zero-order valence-electron chi connectivity index (χ0n) is 10.1.